The monoisotopic (exact) mass is 390 g/mol. The van der Waals surface area contributed by atoms with E-state index >= 15 is 0 Å². The van der Waals surface area contributed by atoms with Crippen LogP contribution < -0.4 is 4.74 Å². The summed E-state index contributed by atoms with van der Waals surface area (Å²) in [4.78, 5) is 19.6. The van der Waals surface area contributed by atoms with E-state index in [4.69, 9.17) is 16.3 Å². The largest absolute Gasteiger partial charge is 0.487 e. The minimum absolute atomic E-state index is 0.0244. The van der Waals surface area contributed by atoms with Gasteiger partial charge in [-0.05, 0) is 17.7 Å². The summed E-state index contributed by atoms with van der Waals surface area (Å²) in [6.07, 6.45) is 4.43. The second kappa shape index (κ2) is 8.78. The van der Waals surface area contributed by atoms with Crippen LogP contribution in [0, 0.1) is 0 Å². The summed E-state index contributed by atoms with van der Waals surface area (Å²) in [5.74, 6) is 0.764. The molecule has 0 aliphatic carbocycles. The minimum atomic E-state index is -0.0244. The van der Waals surface area contributed by atoms with Gasteiger partial charge in [-0.3, -0.25) is 9.78 Å². The first-order valence-electron chi connectivity index (χ1n) is 8.81. The summed E-state index contributed by atoms with van der Waals surface area (Å²) in [6, 6.07) is 10.0. The van der Waals surface area contributed by atoms with Gasteiger partial charge in [0.05, 0.1) is 13.0 Å². The molecule has 1 atom stereocenters. The number of aromatic nitrogens is 1. The van der Waals surface area contributed by atoms with Gasteiger partial charge >= 0.3 is 0 Å². The van der Waals surface area contributed by atoms with Crippen LogP contribution in [-0.2, 0) is 11.2 Å². The number of hydrogen-bond donors (Lipinski definition) is 0. The standard InChI is InChI=1S/C20H23ClN2O2S/c1-14(2)26-17-5-3-15(4-6-17)11-20(24)23-10-8-16(13-23)25-19-7-9-22-12-18(19)21/h3-7,9,12,14,16H,8,10-11,13H2,1-2H3/t16-/m0/s1. The maximum absolute atomic E-state index is 12.6. The van der Waals surface area contributed by atoms with Gasteiger partial charge in [0.25, 0.3) is 0 Å². The highest BCUT2D eigenvalue weighted by Crippen LogP contribution is 2.26. The van der Waals surface area contributed by atoms with Gasteiger partial charge in [0.1, 0.15) is 16.9 Å². The predicted molar refractivity (Wildman–Crippen MR) is 106 cm³/mol. The van der Waals surface area contributed by atoms with Gasteiger partial charge in [-0.2, -0.15) is 0 Å². The second-order valence-corrected chi connectivity index (χ2v) is 8.72. The number of halogens is 1. The molecule has 0 bridgehead atoms. The van der Waals surface area contributed by atoms with Gasteiger partial charge in [0.15, 0.2) is 0 Å². The summed E-state index contributed by atoms with van der Waals surface area (Å²) in [5.41, 5.74) is 1.05. The van der Waals surface area contributed by atoms with E-state index < -0.39 is 0 Å². The van der Waals surface area contributed by atoms with E-state index in [1.165, 1.54) is 4.90 Å². The average Bonchev–Trinajstić information content (AvgIpc) is 3.07. The maximum atomic E-state index is 12.6. The van der Waals surface area contributed by atoms with Crippen molar-refractivity contribution in [3.63, 3.8) is 0 Å². The van der Waals surface area contributed by atoms with Crippen molar-refractivity contribution in [3.05, 3.63) is 53.3 Å². The number of rotatable bonds is 6. The molecule has 1 aromatic carbocycles. The van der Waals surface area contributed by atoms with Crippen LogP contribution in [0.25, 0.3) is 0 Å². The molecule has 2 aromatic rings. The van der Waals surface area contributed by atoms with E-state index in [0.29, 0.717) is 35.5 Å². The number of carbonyl (C=O) groups is 1. The zero-order valence-corrected chi connectivity index (χ0v) is 16.6. The van der Waals surface area contributed by atoms with Crippen LogP contribution in [0.4, 0.5) is 0 Å². The Labute approximate surface area is 163 Å². The Morgan fingerprint density at radius 2 is 2.12 bits per heavy atom. The third-order valence-electron chi connectivity index (χ3n) is 4.18. The van der Waals surface area contributed by atoms with Gasteiger partial charge in [-0.15, -0.1) is 11.8 Å². The molecule has 0 radical (unpaired) electrons. The number of ether oxygens (including phenoxy) is 1. The normalized spacial score (nSPS) is 16.9. The molecule has 2 heterocycles. The van der Waals surface area contributed by atoms with Crippen LogP contribution in [0.5, 0.6) is 5.75 Å². The molecule has 1 aromatic heterocycles. The topological polar surface area (TPSA) is 42.4 Å². The van der Waals surface area contributed by atoms with Crippen molar-refractivity contribution < 1.29 is 9.53 Å². The quantitative estimate of drug-likeness (QED) is 0.683. The molecule has 0 saturated carbocycles. The number of benzene rings is 1. The highest BCUT2D eigenvalue weighted by Gasteiger charge is 2.28. The summed E-state index contributed by atoms with van der Waals surface area (Å²) in [5, 5.41) is 1.05. The molecule has 138 valence electrons. The van der Waals surface area contributed by atoms with Crippen molar-refractivity contribution in [2.45, 2.75) is 42.9 Å². The molecule has 1 amide bonds. The lowest BCUT2D eigenvalue weighted by Gasteiger charge is -2.18. The summed E-state index contributed by atoms with van der Waals surface area (Å²) in [6.45, 7) is 5.66. The Balaban J connectivity index is 1.52. The number of carbonyl (C=O) groups excluding carboxylic acids is 1. The molecule has 1 aliphatic heterocycles. The third kappa shape index (κ3) is 5.15. The first-order chi connectivity index (χ1) is 12.5. The molecule has 26 heavy (non-hydrogen) atoms. The Morgan fingerprint density at radius 1 is 1.35 bits per heavy atom. The zero-order chi connectivity index (χ0) is 18.5. The molecule has 1 fully saturated rings. The number of thioether (sulfide) groups is 1. The lowest BCUT2D eigenvalue weighted by Crippen LogP contribution is -2.32. The Hall–Kier alpha value is -1.72. The van der Waals surface area contributed by atoms with Crippen molar-refractivity contribution in [3.8, 4) is 5.75 Å². The molecule has 0 unspecified atom stereocenters. The molecule has 3 rings (SSSR count). The van der Waals surface area contributed by atoms with Crippen LogP contribution in [-0.4, -0.2) is 40.2 Å². The SMILES string of the molecule is CC(C)Sc1ccc(CC(=O)N2CC[C@H](Oc3ccncc3Cl)C2)cc1. The highest BCUT2D eigenvalue weighted by molar-refractivity contribution is 7.99. The molecule has 6 heteroatoms. The molecule has 1 saturated heterocycles. The Kier molecular flexibility index (Phi) is 6.43. The van der Waals surface area contributed by atoms with Crippen LogP contribution in [0.2, 0.25) is 5.02 Å². The summed E-state index contributed by atoms with van der Waals surface area (Å²) in [7, 11) is 0. The molecule has 0 spiro atoms. The van der Waals surface area contributed by atoms with Gasteiger partial charge < -0.3 is 9.64 Å². The van der Waals surface area contributed by atoms with E-state index in [2.05, 4.69) is 31.0 Å². The van der Waals surface area contributed by atoms with E-state index in [1.807, 2.05) is 28.8 Å². The summed E-state index contributed by atoms with van der Waals surface area (Å²) < 4.78 is 5.92. The van der Waals surface area contributed by atoms with Crippen molar-refractivity contribution in [2.75, 3.05) is 13.1 Å². The van der Waals surface area contributed by atoms with Crippen LogP contribution in [0.1, 0.15) is 25.8 Å². The number of likely N-dealkylation sites (tertiary alicyclic amines) is 1. The fraction of sp³-hybridized carbons (Fsp3) is 0.400. The fourth-order valence-electron chi connectivity index (χ4n) is 2.93. The van der Waals surface area contributed by atoms with Crippen molar-refractivity contribution in [1.82, 2.24) is 9.88 Å². The number of amides is 1. The Bertz CT molecular complexity index is 752. The van der Waals surface area contributed by atoms with Crippen LogP contribution in [0.3, 0.4) is 0 Å². The van der Waals surface area contributed by atoms with Crippen molar-refractivity contribution >= 4 is 29.3 Å². The summed E-state index contributed by atoms with van der Waals surface area (Å²) >= 11 is 7.91. The molecule has 1 aliphatic rings. The molecular weight excluding hydrogens is 368 g/mol. The van der Waals surface area contributed by atoms with Gasteiger partial charge in [-0.1, -0.05) is 37.6 Å². The smallest absolute Gasteiger partial charge is 0.227 e. The lowest BCUT2D eigenvalue weighted by molar-refractivity contribution is -0.129. The van der Waals surface area contributed by atoms with E-state index in [1.54, 1.807) is 18.5 Å². The first-order valence-corrected chi connectivity index (χ1v) is 10.1. The molecule has 0 N–H and O–H groups in total. The number of hydrogen-bond acceptors (Lipinski definition) is 4. The van der Waals surface area contributed by atoms with E-state index in [-0.39, 0.29) is 12.0 Å². The van der Waals surface area contributed by atoms with Crippen LogP contribution >= 0.6 is 23.4 Å². The van der Waals surface area contributed by atoms with Crippen LogP contribution in [0.15, 0.2) is 47.6 Å². The van der Waals surface area contributed by atoms with Gasteiger partial charge in [0, 0.05) is 41.6 Å². The van der Waals surface area contributed by atoms with Gasteiger partial charge in [0.2, 0.25) is 5.91 Å². The maximum Gasteiger partial charge on any atom is 0.227 e. The molecular formula is C20H23ClN2O2S. The van der Waals surface area contributed by atoms with Crippen molar-refractivity contribution in [1.29, 1.82) is 0 Å². The Morgan fingerprint density at radius 3 is 2.81 bits per heavy atom. The zero-order valence-electron chi connectivity index (χ0n) is 15.0. The number of pyridine rings is 1. The van der Waals surface area contributed by atoms with Crippen molar-refractivity contribution in [2.24, 2.45) is 0 Å². The predicted octanol–water partition coefficient (Wildman–Crippen LogP) is 4.46. The van der Waals surface area contributed by atoms with Gasteiger partial charge in [-0.25, -0.2) is 0 Å². The fourth-order valence-corrected chi connectivity index (χ4v) is 3.93. The highest BCUT2D eigenvalue weighted by atomic mass is 35.5. The number of nitrogens with zero attached hydrogens (tertiary/aromatic N) is 2. The lowest BCUT2D eigenvalue weighted by atomic mass is 10.1. The average molecular weight is 391 g/mol. The first kappa shape index (κ1) is 19.1. The second-order valence-electron chi connectivity index (χ2n) is 6.66. The van der Waals surface area contributed by atoms with E-state index in [9.17, 15) is 4.79 Å². The minimum Gasteiger partial charge on any atom is -0.487 e. The molecule has 4 nitrogen and oxygen atoms in total. The van der Waals surface area contributed by atoms with E-state index in [0.717, 1.165) is 12.0 Å². The third-order valence-corrected chi connectivity index (χ3v) is 5.48.